The second kappa shape index (κ2) is 13.2. The second-order valence-corrected chi connectivity index (χ2v) is 14.4. The van der Waals surface area contributed by atoms with Gasteiger partial charge in [0.05, 0.1) is 24.9 Å². The highest BCUT2D eigenvalue weighted by Crippen LogP contribution is 2.56. The van der Waals surface area contributed by atoms with Crippen molar-refractivity contribution in [3.63, 3.8) is 0 Å². The number of urea groups is 1. The van der Waals surface area contributed by atoms with Crippen molar-refractivity contribution < 1.29 is 19.1 Å². The van der Waals surface area contributed by atoms with E-state index < -0.39 is 5.54 Å². The molecule has 4 aromatic rings. The Morgan fingerprint density at radius 3 is 2.42 bits per heavy atom. The van der Waals surface area contributed by atoms with Crippen LogP contribution in [0.25, 0.3) is 10.8 Å². The van der Waals surface area contributed by atoms with Gasteiger partial charge in [0, 0.05) is 76.9 Å². The number of anilines is 2. The quantitative estimate of drug-likeness (QED) is 0.186. The molecule has 10 nitrogen and oxygen atoms in total. The third kappa shape index (κ3) is 5.65. The van der Waals surface area contributed by atoms with Crippen molar-refractivity contribution in [3.8, 4) is 5.75 Å². The highest BCUT2D eigenvalue weighted by atomic mass is 16.5. The molecule has 0 aliphatic carbocycles. The number of nitrogens with two attached hydrogens (primary N) is 1. The summed E-state index contributed by atoms with van der Waals surface area (Å²) in [4.78, 5) is 39.6. The molecule has 260 valence electrons. The molecule has 1 unspecified atom stereocenters. The molecular weight excluding hydrogens is 628 g/mol. The zero-order valence-corrected chi connectivity index (χ0v) is 29.0. The number of likely N-dealkylation sites (tertiary alicyclic amines) is 1. The molecule has 1 spiro atoms. The molecule has 0 radical (unpaired) electrons. The first-order valence-corrected chi connectivity index (χ1v) is 17.8. The van der Waals surface area contributed by atoms with Crippen LogP contribution in [0.3, 0.4) is 0 Å². The molecule has 50 heavy (non-hydrogen) atoms. The summed E-state index contributed by atoms with van der Waals surface area (Å²) in [5, 5.41) is 2.28. The minimum absolute atomic E-state index is 0.00667. The molecule has 10 heteroatoms. The summed E-state index contributed by atoms with van der Waals surface area (Å²) in [7, 11) is 4.11. The standard InChI is InChI=1S/C40H46N6O4/c1-42(2)35-15-13-33(31-10-6-7-11-32(31)35)36-23-30-25-44(24-29-12-14-34(41)37(22-29)50-26-28-8-4-3-5-9-28)27-40(30)38(47)45(39(48)46(36)40)17-16-43-18-20-49-21-19-43/h3-15,22,30,36H,16-21,23-27,41H2,1-2H3/t30-,36-,40?/m0/s1. The van der Waals surface area contributed by atoms with Crippen molar-refractivity contribution in [3.05, 3.63) is 102 Å². The van der Waals surface area contributed by atoms with Gasteiger partial charge in [-0.15, -0.1) is 0 Å². The Morgan fingerprint density at radius 1 is 0.880 bits per heavy atom. The van der Waals surface area contributed by atoms with Crippen molar-refractivity contribution in [1.29, 1.82) is 0 Å². The fourth-order valence-electron chi connectivity index (χ4n) is 8.73. The molecular formula is C40H46N6O4. The number of nitrogens with zero attached hydrogens (tertiary/aromatic N) is 5. The van der Waals surface area contributed by atoms with E-state index in [9.17, 15) is 9.59 Å². The van der Waals surface area contributed by atoms with Crippen molar-refractivity contribution in [2.75, 3.05) is 77.2 Å². The summed E-state index contributed by atoms with van der Waals surface area (Å²) in [5.74, 6) is 0.608. The van der Waals surface area contributed by atoms with Crippen LogP contribution in [0.5, 0.6) is 5.75 Å². The number of fused-ring (bicyclic) bond motifs is 1. The number of imide groups is 1. The van der Waals surface area contributed by atoms with Crippen LogP contribution in [0, 0.1) is 5.92 Å². The summed E-state index contributed by atoms with van der Waals surface area (Å²) in [5.41, 5.74) is 10.4. The van der Waals surface area contributed by atoms with Crippen LogP contribution in [-0.4, -0.2) is 104 Å². The number of rotatable bonds is 10. The number of hydrogen-bond acceptors (Lipinski definition) is 8. The Labute approximate surface area is 293 Å². The number of nitrogen functional groups attached to an aromatic ring is 1. The van der Waals surface area contributed by atoms with E-state index in [0.29, 0.717) is 57.4 Å². The highest BCUT2D eigenvalue weighted by molar-refractivity contribution is 6.09. The molecule has 4 fully saturated rings. The fraction of sp³-hybridized carbons (Fsp3) is 0.400. The van der Waals surface area contributed by atoms with Gasteiger partial charge < -0.3 is 25.0 Å². The van der Waals surface area contributed by atoms with Crippen LogP contribution in [0.15, 0.2) is 84.9 Å². The first-order valence-electron chi connectivity index (χ1n) is 17.8. The summed E-state index contributed by atoms with van der Waals surface area (Å²) in [6.45, 7) is 6.30. The molecule has 0 aromatic heterocycles. The van der Waals surface area contributed by atoms with Gasteiger partial charge in [0.15, 0.2) is 0 Å². The molecule has 8 rings (SSSR count). The smallest absolute Gasteiger partial charge is 0.328 e. The molecule has 0 saturated carbocycles. The zero-order chi connectivity index (χ0) is 34.4. The maximum absolute atomic E-state index is 14.7. The topological polar surface area (TPSA) is 94.8 Å². The van der Waals surface area contributed by atoms with Gasteiger partial charge >= 0.3 is 6.03 Å². The van der Waals surface area contributed by atoms with Gasteiger partial charge in [0.1, 0.15) is 17.9 Å². The zero-order valence-electron chi connectivity index (χ0n) is 29.0. The maximum Gasteiger partial charge on any atom is 0.328 e. The van der Waals surface area contributed by atoms with Gasteiger partial charge in [0.2, 0.25) is 0 Å². The van der Waals surface area contributed by atoms with Crippen LogP contribution in [0.2, 0.25) is 0 Å². The first-order chi connectivity index (χ1) is 24.3. The number of benzene rings is 4. The van der Waals surface area contributed by atoms with Gasteiger partial charge in [-0.25, -0.2) is 4.79 Å². The lowest BCUT2D eigenvalue weighted by Gasteiger charge is -2.32. The molecule has 4 aliphatic rings. The van der Waals surface area contributed by atoms with Crippen molar-refractivity contribution in [2.45, 2.75) is 31.2 Å². The van der Waals surface area contributed by atoms with E-state index >= 15 is 0 Å². The predicted molar refractivity (Wildman–Crippen MR) is 195 cm³/mol. The van der Waals surface area contributed by atoms with Crippen LogP contribution in [0.4, 0.5) is 16.2 Å². The van der Waals surface area contributed by atoms with E-state index in [4.69, 9.17) is 15.2 Å². The minimum Gasteiger partial charge on any atom is -0.487 e. The molecule has 3 amide bonds. The lowest BCUT2D eigenvalue weighted by Crippen LogP contribution is -2.51. The molecule has 4 heterocycles. The van der Waals surface area contributed by atoms with E-state index in [1.165, 1.54) is 0 Å². The Bertz CT molecular complexity index is 1900. The van der Waals surface area contributed by atoms with E-state index in [0.717, 1.165) is 59.2 Å². The monoisotopic (exact) mass is 674 g/mol. The third-order valence-corrected chi connectivity index (χ3v) is 11.2. The number of carbonyl (C=O) groups excluding carboxylic acids is 2. The second-order valence-electron chi connectivity index (χ2n) is 14.4. The third-order valence-electron chi connectivity index (χ3n) is 11.2. The summed E-state index contributed by atoms with van der Waals surface area (Å²) < 4.78 is 11.7. The SMILES string of the molecule is CN(C)c1ccc([C@@H]2C[C@H]3CN(Cc4ccc(N)c(OCc5ccccc5)c4)CC34C(=O)N(CCN3CCOCC3)C(=O)N24)c2ccccc12. The lowest BCUT2D eigenvalue weighted by molar-refractivity contribution is -0.133. The lowest BCUT2D eigenvalue weighted by atomic mass is 9.87. The van der Waals surface area contributed by atoms with Crippen LogP contribution in [0.1, 0.15) is 29.2 Å². The predicted octanol–water partition coefficient (Wildman–Crippen LogP) is 4.98. The van der Waals surface area contributed by atoms with Gasteiger partial charge in [0.25, 0.3) is 5.91 Å². The Morgan fingerprint density at radius 2 is 1.64 bits per heavy atom. The van der Waals surface area contributed by atoms with Gasteiger partial charge in [-0.2, -0.15) is 0 Å². The molecule has 4 saturated heterocycles. The largest absolute Gasteiger partial charge is 0.487 e. The first kappa shape index (κ1) is 32.6. The minimum atomic E-state index is -0.908. The average Bonchev–Trinajstić information content (AvgIpc) is 3.71. The fourth-order valence-corrected chi connectivity index (χ4v) is 8.73. The highest BCUT2D eigenvalue weighted by Gasteiger charge is 2.70. The van der Waals surface area contributed by atoms with Gasteiger partial charge in [-0.05, 0) is 46.7 Å². The molecule has 4 aromatic carbocycles. The Hall–Kier alpha value is -4.64. The molecule has 0 bridgehead atoms. The van der Waals surface area contributed by atoms with E-state index in [2.05, 4.69) is 65.2 Å². The van der Waals surface area contributed by atoms with E-state index in [-0.39, 0.29) is 23.9 Å². The maximum atomic E-state index is 14.7. The van der Waals surface area contributed by atoms with Crippen LogP contribution < -0.4 is 15.4 Å². The Kier molecular flexibility index (Phi) is 8.62. The number of amides is 3. The number of hydrogen-bond donors (Lipinski definition) is 1. The van der Waals surface area contributed by atoms with E-state index in [1.807, 2.05) is 53.4 Å². The molecule has 4 aliphatic heterocycles. The summed E-state index contributed by atoms with van der Waals surface area (Å²) >= 11 is 0. The normalized spacial score (nSPS) is 23.9. The average molecular weight is 675 g/mol. The molecule has 2 N–H and O–H groups in total. The van der Waals surface area contributed by atoms with Crippen LogP contribution >= 0.6 is 0 Å². The van der Waals surface area contributed by atoms with Gasteiger partial charge in [-0.3, -0.25) is 19.5 Å². The molecule has 3 atom stereocenters. The van der Waals surface area contributed by atoms with Gasteiger partial charge in [-0.1, -0.05) is 66.7 Å². The Balaban J connectivity index is 1.09. The van der Waals surface area contributed by atoms with E-state index in [1.54, 1.807) is 4.90 Å². The number of morpholine rings is 1. The van der Waals surface area contributed by atoms with Crippen LogP contribution in [-0.2, 0) is 22.7 Å². The number of ether oxygens (including phenoxy) is 2. The van der Waals surface area contributed by atoms with Crippen molar-refractivity contribution in [1.82, 2.24) is 19.6 Å². The summed E-state index contributed by atoms with van der Waals surface area (Å²) in [6, 6.07) is 28.4. The van der Waals surface area contributed by atoms with Crippen molar-refractivity contribution >= 4 is 34.1 Å². The summed E-state index contributed by atoms with van der Waals surface area (Å²) in [6.07, 6.45) is 0.740. The number of carbonyl (C=O) groups is 2. The van der Waals surface area contributed by atoms with Crippen molar-refractivity contribution in [2.24, 2.45) is 5.92 Å².